The van der Waals surface area contributed by atoms with Crippen molar-refractivity contribution in [2.24, 2.45) is 5.92 Å². The molecule has 0 aliphatic heterocycles. The highest BCUT2D eigenvalue weighted by Gasteiger charge is 2.16. The lowest BCUT2D eigenvalue weighted by Crippen LogP contribution is -2.07. The van der Waals surface area contributed by atoms with E-state index in [2.05, 4.69) is 32.1 Å². The van der Waals surface area contributed by atoms with E-state index in [1.807, 2.05) is 0 Å². The highest BCUT2D eigenvalue weighted by Crippen LogP contribution is 2.34. The van der Waals surface area contributed by atoms with Crippen molar-refractivity contribution >= 4 is 0 Å². The molecule has 2 aliphatic carbocycles. The van der Waals surface area contributed by atoms with Gasteiger partial charge in [-0.25, -0.2) is 0 Å². The van der Waals surface area contributed by atoms with Crippen molar-refractivity contribution in [1.29, 1.82) is 0 Å². The SMILES string of the molecule is CC1=C2CCCC=C2C=CC1C. The summed E-state index contributed by atoms with van der Waals surface area (Å²) in [4.78, 5) is 0. The van der Waals surface area contributed by atoms with Crippen LogP contribution >= 0.6 is 0 Å². The highest BCUT2D eigenvalue weighted by atomic mass is 14.2. The molecule has 0 aromatic carbocycles. The van der Waals surface area contributed by atoms with Crippen molar-refractivity contribution in [3.63, 3.8) is 0 Å². The first-order valence-corrected chi connectivity index (χ1v) is 4.87. The van der Waals surface area contributed by atoms with Gasteiger partial charge >= 0.3 is 0 Å². The maximum Gasteiger partial charge on any atom is -0.00450 e. The summed E-state index contributed by atoms with van der Waals surface area (Å²) in [5, 5.41) is 0. The van der Waals surface area contributed by atoms with Crippen LogP contribution in [0, 0.1) is 5.92 Å². The van der Waals surface area contributed by atoms with E-state index in [-0.39, 0.29) is 0 Å². The van der Waals surface area contributed by atoms with Gasteiger partial charge in [0.05, 0.1) is 0 Å². The molecule has 2 rings (SSSR count). The first kappa shape index (κ1) is 7.85. The van der Waals surface area contributed by atoms with Gasteiger partial charge < -0.3 is 0 Å². The Bertz CT molecular complexity index is 276. The average molecular weight is 160 g/mol. The first-order chi connectivity index (χ1) is 5.79. The molecule has 0 bridgehead atoms. The number of rotatable bonds is 0. The number of allylic oxidation sites excluding steroid dienone is 6. The summed E-state index contributed by atoms with van der Waals surface area (Å²) in [5.74, 6) is 0.662. The predicted octanol–water partition coefficient (Wildman–Crippen LogP) is 3.62. The molecule has 0 saturated carbocycles. The van der Waals surface area contributed by atoms with Crippen LogP contribution in [0.3, 0.4) is 0 Å². The lowest BCUT2D eigenvalue weighted by molar-refractivity contribution is 0.750. The van der Waals surface area contributed by atoms with Crippen LogP contribution in [0.15, 0.2) is 34.9 Å². The van der Waals surface area contributed by atoms with Crippen LogP contribution in [0.2, 0.25) is 0 Å². The molecular formula is C12H16. The summed E-state index contributed by atoms with van der Waals surface area (Å²) >= 11 is 0. The van der Waals surface area contributed by atoms with Gasteiger partial charge in [-0.15, -0.1) is 0 Å². The third kappa shape index (κ3) is 1.16. The molecule has 0 aromatic rings. The molecule has 0 heterocycles. The van der Waals surface area contributed by atoms with Crippen molar-refractivity contribution in [1.82, 2.24) is 0 Å². The van der Waals surface area contributed by atoms with Gasteiger partial charge in [0.25, 0.3) is 0 Å². The van der Waals surface area contributed by atoms with E-state index in [1.165, 1.54) is 24.8 Å². The summed E-state index contributed by atoms with van der Waals surface area (Å²) in [6.07, 6.45) is 10.9. The quantitative estimate of drug-likeness (QED) is 0.507. The normalized spacial score (nSPS) is 28.5. The van der Waals surface area contributed by atoms with Crippen molar-refractivity contribution in [2.75, 3.05) is 0 Å². The monoisotopic (exact) mass is 160 g/mol. The van der Waals surface area contributed by atoms with Gasteiger partial charge in [-0.3, -0.25) is 0 Å². The summed E-state index contributed by atoms with van der Waals surface area (Å²) in [6, 6.07) is 0. The highest BCUT2D eigenvalue weighted by molar-refractivity contribution is 5.48. The molecule has 0 heteroatoms. The summed E-state index contributed by atoms with van der Waals surface area (Å²) < 4.78 is 0. The van der Waals surface area contributed by atoms with Crippen molar-refractivity contribution in [2.45, 2.75) is 33.1 Å². The number of hydrogen-bond acceptors (Lipinski definition) is 0. The van der Waals surface area contributed by atoms with Crippen LogP contribution in [0.5, 0.6) is 0 Å². The van der Waals surface area contributed by atoms with Crippen molar-refractivity contribution in [3.05, 3.63) is 34.9 Å². The van der Waals surface area contributed by atoms with Crippen LogP contribution in [0.1, 0.15) is 33.1 Å². The molecule has 0 nitrogen and oxygen atoms in total. The minimum atomic E-state index is 0.662. The second-order valence-electron chi connectivity index (χ2n) is 3.86. The van der Waals surface area contributed by atoms with E-state index in [4.69, 9.17) is 0 Å². The topological polar surface area (TPSA) is 0 Å². The van der Waals surface area contributed by atoms with E-state index in [1.54, 1.807) is 11.1 Å². The smallest absolute Gasteiger partial charge is 0.00450 e. The molecule has 1 unspecified atom stereocenters. The molecule has 0 saturated heterocycles. The number of hydrogen-bond donors (Lipinski definition) is 0. The third-order valence-electron chi connectivity index (χ3n) is 3.07. The van der Waals surface area contributed by atoms with Crippen LogP contribution in [-0.2, 0) is 0 Å². The van der Waals surface area contributed by atoms with Crippen LogP contribution in [-0.4, -0.2) is 0 Å². The largest absolute Gasteiger partial charge is 0.0770 e. The Morgan fingerprint density at radius 1 is 1.42 bits per heavy atom. The maximum atomic E-state index is 2.38. The lowest BCUT2D eigenvalue weighted by atomic mass is 9.81. The number of fused-ring (bicyclic) bond motifs is 1. The van der Waals surface area contributed by atoms with E-state index in [0.29, 0.717) is 5.92 Å². The van der Waals surface area contributed by atoms with Gasteiger partial charge in [0.1, 0.15) is 0 Å². The molecule has 0 fully saturated rings. The van der Waals surface area contributed by atoms with Gasteiger partial charge in [0, 0.05) is 0 Å². The van der Waals surface area contributed by atoms with Crippen molar-refractivity contribution in [3.8, 4) is 0 Å². The van der Waals surface area contributed by atoms with Crippen molar-refractivity contribution < 1.29 is 0 Å². The van der Waals surface area contributed by atoms with Gasteiger partial charge in [-0.05, 0) is 43.3 Å². The Kier molecular flexibility index (Phi) is 1.92. The zero-order chi connectivity index (χ0) is 8.55. The fraction of sp³-hybridized carbons (Fsp3) is 0.500. The predicted molar refractivity (Wildman–Crippen MR) is 52.9 cm³/mol. The molecule has 0 aromatic heterocycles. The van der Waals surface area contributed by atoms with Gasteiger partial charge in [0.2, 0.25) is 0 Å². The second kappa shape index (κ2) is 2.93. The fourth-order valence-electron chi connectivity index (χ4n) is 2.06. The molecule has 0 spiro atoms. The molecule has 0 amide bonds. The lowest BCUT2D eigenvalue weighted by Gasteiger charge is -2.24. The zero-order valence-electron chi connectivity index (χ0n) is 7.93. The second-order valence-corrected chi connectivity index (χ2v) is 3.86. The minimum Gasteiger partial charge on any atom is -0.0770 e. The first-order valence-electron chi connectivity index (χ1n) is 4.87. The zero-order valence-corrected chi connectivity index (χ0v) is 7.93. The van der Waals surface area contributed by atoms with E-state index < -0.39 is 0 Å². The Morgan fingerprint density at radius 3 is 3.08 bits per heavy atom. The van der Waals surface area contributed by atoms with Gasteiger partial charge in [0.15, 0.2) is 0 Å². The molecule has 12 heavy (non-hydrogen) atoms. The Labute approximate surface area is 74.7 Å². The third-order valence-corrected chi connectivity index (χ3v) is 3.07. The summed E-state index contributed by atoms with van der Waals surface area (Å²) in [6.45, 7) is 4.56. The standard InChI is InChI=1S/C12H16/c1-9-7-8-11-5-3-4-6-12(11)10(9)2/h5,7-9H,3-4,6H2,1-2H3. The maximum absolute atomic E-state index is 2.38. The van der Waals surface area contributed by atoms with Gasteiger partial charge in [-0.1, -0.05) is 30.7 Å². The van der Waals surface area contributed by atoms with Crippen LogP contribution in [0.4, 0.5) is 0 Å². The minimum absolute atomic E-state index is 0.662. The molecule has 0 N–H and O–H groups in total. The Morgan fingerprint density at radius 2 is 2.25 bits per heavy atom. The van der Waals surface area contributed by atoms with Crippen LogP contribution in [0.25, 0.3) is 0 Å². The molecule has 1 atom stereocenters. The van der Waals surface area contributed by atoms with Gasteiger partial charge in [-0.2, -0.15) is 0 Å². The molecular weight excluding hydrogens is 144 g/mol. The van der Waals surface area contributed by atoms with E-state index >= 15 is 0 Å². The van der Waals surface area contributed by atoms with Crippen LogP contribution < -0.4 is 0 Å². The van der Waals surface area contributed by atoms with E-state index in [9.17, 15) is 0 Å². The summed E-state index contributed by atoms with van der Waals surface area (Å²) in [7, 11) is 0. The molecule has 0 radical (unpaired) electrons. The summed E-state index contributed by atoms with van der Waals surface area (Å²) in [5.41, 5.74) is 4.71. The molecule has 2 aliphatic rings. The van der Waals surface area contributed by atoms with E-state index in [0.717, 1.165) is 0 Å². The Hall–Kier alpha value is -0.780. The average Bonchev–Trinajstić information content (AvgIpc) is 2.12. The Balaban J connectivity index is 2.42. The molecule has 64 valence electrons. The fourth-order valence-corrected chi connectivity index (χ4v) is 2.06.